The number of fused-ring (bicyclic) bond motifs is 6. The minimum Gasteiger partial charge on any atom is -0.361 e. The number of hydrogen-bond donors (Lipinski definition) is 0. The molecule has 1 nitrogen and oxygen atoms in total. The number of anilines is 1. The zero-order valence-electron chi connectivity index (χ0n) is 24.2. The maximum Gasteiger partial charge on any atom is 0.0520 e. The van der Waals surface area contributed by atoms with Crippen molar-refractivity contribution in [1.29, 1.82) is 0 Å². The molecule has 9 rings (SSSR count). The van der Waals surface area contributed by atoms with Gasteiger partial charge in [-0.3, -0.25) is 0 Å². The van der Waals surface area contributed by atoms with Gasteiger partial charge < -0.3 is 4.90 Å². The average Bonchev–Trinajstić information content (AvgIpc) is 3.48. The van der Waals surface area contributed by atoms with Gasteiger partial charge in [0.25, 0.3) is 0 Å². The molecule has 2 heteroatoms. The fourth-order valence-electron chi connectivity index (χ4n) is 8.31. The summed E-state index contributed by atoms with van der Waals surface area (Å²) in [5, 5.41) is 0.437. The standard InChI is InChI=1S/C41H35NS/c1-2-18-35-36-20-10-19-33(41(36)43-40(35)22-3-1)31-15-8-13-27(23-31)28-14-9-16-32(24-28)42-38-21-7-6-17-34(38)37-25-29-11-4-5-12-30(29)26-39(37)42/h2-15,17-25,30,32-33,37,39,41H,1,16,26H2. The minimum atomic E-state index is 0.353. The molecule has 0 spiro atoms. The van der Waals surface area contributed by atoms with Crippen LogP contribution >= 0.6 is 11.8 Å². The van der Waals surface area contributed by atoms with Crippen molar-refractivity contribution in [2.75, 3.05) is 4.90 Å². The Bertz CT molecular complexity index is 1820. The molecule has 0 aromatic heterocycles. The second-order valence-electron chi connectivity index (χ2n) is 12.7. The van der Waals surface area contributed by atoms with Crippen LogP contribution in [0, 0.1) is 5.92 Å². The molecular weight excluding hydrogens is 539 g/mol. The molecule has 7 aliphatic rings. The van der Waals surface area contributed by atoms with Crippen molar-refractivity contribution < 1.29 is 0 Å². The van der Waals surface area contributed by atoms with E-state index < -0.39 is 0 Å². The summed E-state index contributed by atoms with van der Waals surface area (Å²) in [6.45, 7) is 0. The smallest absolute Gasteiger partial charge is 0.0520 e. The number of benzene rings is 2. The average molecular weight is 574 g/mol. The van der Waals surface area contributed by atoms with Gasteiger partial charge in [-0.1, -0.05) is 134 Å². The van der Waals surface area contributed by atoms with Crippen LogP contribution in [0.4, 0.5) is 5.69 Å². The highest BCUT2D eigenvalue weighted by Crippen LogP contribution is 2.53. The molecule has 210 valence electrons. The molecule has 0 fully saturated rings. The van der Waals surface area contributed by atoms with Crippen LogP contribution < -0.4 is 4.90 Å². The van der Waals surface area contributed by atoms with E-state index in [1.165, 1.54) is 56.0 Å². The highest BCUT2D eigenvalue weighted by molar-refractivity contribution is 8.04. The van der Waals surface area contributed by atoms with Crippen molar-refractivity contribution in [3.63, 3.8) is 0 Å². The van der Waals surface area contributed by atoms with Crippen molar-refractivity contribution in [2.45, 2.75) is 48.4 Å². The predicted molar refractivity (Wildman–Crippen MR) is 183 cm³/mol. The molecule has 6 atom stereocenters. The van der Waals surface area contributed by atoms with E-state index in [0.29, 0.717) is 35.1 Å². The Morgan fingerprint density at radius 1 is 0.791 bits per heavy atom. The number of allylic oxidation sites excluding steroid dienone is 15. The molecule has 0 N–H and O–H groups in total. The van der Waals surface area contributed by atoms with Gasteiger partial charge in [-0.25, -0.2) is 0 Å². The molecule has 2 aromatic rings. The van der Waals surface area contributed by atoms with E-state index in [1.807, 2.05) is 11.8 Å². The van der Waals surface area contributed by atoms with Crippen LogP contribution in [0.5, 0.6) is 0 Å². The molecule has 0 amide bonds. The van der Waals surface area contributed by atoms with Gasteiger partial charge in [-0.15, -0.1) is 11.8 Å². The largest absolute Gasteiger partial charge is 0.361 e. The van der Waals surface area contributed by atoms with Crippen molar-refractivity contribution in [3.8, 4) is 0 Å². The SMILES string of the molecule is C1=CC2=CC3c4ccccc4N(C4C=C(c5cccc(C6C=CC=C7C8=C(C=CCC=C8)SC76)c5)C=CC4)C3CC2C=C1. The van der Waals surface area contributed by atoms with Crippen LogP contribution in [0.1, 0.15) is 47.8 Å². The molecule has 6 unspecified atom stereocenters. The third-order valence-corrected chi connectivity index (χ3v) is 11.7. The van der Waals surface area contributed by atoms with Crippen molar-refractivity contribution >= 4 is 23.0 Å². The maximum atomic E-state index is 2.77. The zero-order valence-corrected chi connectivity index (χ0v) is 25.0. The molecule has 2 aromatic carbocycles. The molecule has 5 aliphatic carbocycles. The second-order valence-corrected chi connectivity index (χ2v) is 13.8. The highest BCUT2D eigenvalue weighted by atomic mass is 32.2. The second kappa shape index (κ2) is 10.3. The van der Waals surface area contributed by atoms with Crippen molar-refractivity contribution in [2.24, 2.45) is 5.92 Å². The quantitative estimate of drug-likeness (QED) is 0.359. The Morgan fingerprint density at radius 3 is 2.74 bits per heavy atom. The Labute approximate surface area is 259 Å². The normalized spacial score (nSPS) is 31.1. The van der Waals surface area contributed by atoms with E-state index in [-0.39, 0.29) is 0 Å². The van der Waals surface area contributed by atoms with E-state index in [1.54, 1.807) is 0 Å². The molecular formula is C41H35NS. The number of hydrogen-bond acceptors (Lipinski definition) is 2. The van der Waals surface area contributed by atoms with Crippen LogP contribution in [0.25, 0.3) is 5.57 Å². The molecule has 0 bridgehead atoms. The van der Waals surface area contributed by atoms with E-state index in [4.69, 9.17) is 0 Å². The van der Waals surface area contributed by atoms with Gasteiger partial charge in [0.05, 0.1) is 6.04 Å². The molecule has 43 heavy (non-hydrogen) atoms. The lowest BCUT2D eigenvalue weighted by molar-refractivity contribution is 0.453. The van der Waals surface area contributed by atoms with Crippen LogP contribution in [0.3, 0.4) is 0 Å². The fraction of sp³-hybridized carbons (Fsp3) is 0.220. The van der Waals surface area contributed by atoms with Crippen LogP contribution in [0.15, 0.2) is 161 Å². The summed E-state index contributed by atoms with van der Waals surface area (Å²) in [4.78, 5) is 4.19. The zero-order chi connectivity index (χ0) is 28.3. The van der Waals surface area contributed by atoms with Crippen LogP contribution in [-0.4, -0.2) is 17.3 Å². The summed E-state index contributed by atoms with van der Waals surface area (Å²) >= 11 is 2.04. The summed E-state index contributed by atoms with van der Waals surface area (Å²) in [7, 11) is 0. The molecule has 2 heterocycles. The van der Waals surface area contributed by atoms with Gasteiger partial charge in [0.1, 0.15) is 0 Å². The molecule has 2 aliphatic heterocycles. The topological polar surface area (TPSA) is 3.24 Å². The Hall–Kier alpha value is -4.01. The predicted octanol–water partition coefficient (Wildman–Crippen LogP) is 9.91. The van der Waals surface area contributed by atoms with Gasteiger partial charge in [-0.05, 0) is 64.3 Å². The number of rotatable bonds is 3. The van der Waals surface area contributed by atoms with Crippen molar-refractivity contribution in [1.82, 2.24) is 0 Å². The summed E-state index contributed by atoms with van der Waals surface area (Å²) in [6.07, 6.45) is 38.6. The van der Waals surface area contributed by atoms with Gasteiger partial charge in [-0.2, -0.15) is 0 Å². The molecule has 0 radical (unpaired) electrons. The van der Waals surface area contributed by atoms with E-state index in [9.17, 15) is 0 Å². The van der Waals surface area contributed by atoms with E-state index in [0.717, 1.165) is 12.8 Å². The minimum absolute atomic E-state index is 0.353. The van der Waals surface area contributed by atoms with Gasteiger partial charge in [0, 0.05) is 39.6 Å². The lowest BCUT2D eigenvalue weighted by atomic mass is 9.76. The van der Waals surface area contributed by atoms with Gasteiger partial charge in [0.15, 0.2) is 0 Å². The first-order chi connectivity index (χ1) is 21.3. The number of para-hydroxylation sites is 1. The first-order valence-electron chi connectivity index (χ1n) is 15.9. The molecule has 0 saturated heterocycles. The highest BCUT2D eigenvalue weighted by Gasteiger charge is 2.44. The summed E-state index contributed by atoms with van der Waals surface area (Å²) < 4.78 is 0. The Balaban J connectivity index is 1.03. The Morgan fingerprint density at radius 2 is 1.74 bits per heavy atom. The Kier molecular flexibility index (Phi) is 6.11. The first kappa shape index (κ1) is 25.5. The van der Waals surface area contributed by atoms with Gasteiger partial charge in [0.2, 0.25) is 0 Å². The fourth-order valence-corrected chi connectivity index (χ4v) is 9.80. The lowest BCUT2D eigenvalue weighted by Crippen LogP contribution is -2.44. The lowest BCUT2D eigenvalue weighted by Gasteiger charge is -2.40. The monoisotopic (exact) mass is 573 g/mol. The third-order valence-electron chi connectivity index (χ3n) is 10.3. The maximum absolute atomic E-state index is 2.77. The van der Waals surface area contributed by atoms with E-state index >= 15 is 0 Å². The third kappa shape index (κ3) is 4.22. The first-order valence-corrected chi connectivity index (χ1v) is 16.7. The summed E-state index contributed by atoms with van der Waals surface area (Å²) in [5.74, 6) is 1.35. The van der Waals surface area contributed by atoms with E-state index in [2.05, 4.69) is 145 Å². The number of nitrogens with zero attached hydrogens (tertiary/aromatic N) is 1. The summed E-state index contributed by atoms with van der Waals surface area (Å²) in [5.41, 5.74) is 11.4. The van der Waals surface area contributed by atoms with Crippen molar-refractivity contribution in [3.05, 3.63) is 178 Å². The van der Waals surface area contributed by atoms with Crippen LogP contribution in [-0.2, 0) is 0 Å². The molecule has 0 saturated carbocycles. The van der Waals surface area contributed by atoms with Crippen LogP contribution in [0.2, 0.25) is 0 Å². The van der Waals surface area contributed by atoms with Gasteiger partial charge >= 0.3 is 0 Å². The number of thioether (sulfide) groups is 1. The summed E-state index contributed by atoms with van der Waals surface area (Å²) in [6, 6.07) is 19.4.